The van der Waals surface area contributed by atoms with Gasteiger partial charge in [-0.25, -0.2) is 4.98 Å². The van der Waals surface area contributed by atoms with Gasteiger partial charge in [-0.1, -0.05) is 37.3 Å². The van der Waals surface area contributed by atoms with E-state index in [0.717, 1.165) is 40.2 Å². The summed E-state index contributed by atoms with van der Waals surface area (Å²) in [6.45, 7) is 4.71. The standard InChI is InChI=1S/C22H20N2O2S/c1-3-19-21(16-8-6-5-7-9-16)24-18(14-25)20(23-22(24)27-19)15-10-12-17(13-11-15)26-4-2/h5-14H,3-4H2,1-2H3. The van der Waals surface area contributed by atoms with Gasteiger partial charge in [0.05, 0.1) is 12.3 Å². The molecule has 2 heterocycles. The maximum atomic E-state index is 12.0. The Kier molecular flexibility index (Phi) is 4.77. The van der Waals surface area contributed by atoms with Gasteiger partial charge in [0.2, 0.25) is 0 Å². The third-order valence-corrected chi connectivity index (χ3v) is 5.69. The van der Waals surface area contributed by atoms with Crippen LogP contribution in [-0.2, 0) is 6.42 Å². The van der Waals surface area contributed by atoms with Crippen LogP contribution in [0.3, 0.4) is 0 Å². The normalized spacial score (nSPS) is 11.0. The van der Waals surface area contributed by atoms with Gasteiger partial charge in [-0.05, 0) is 43.2 Å². The van der Waals surface area contributed by atoms with Crippen molar-refractivity contribution in [1.29, 1.82) is 0 Å². The number of thiazole rings is 1. The van der Waals surface area contributed by atoms with E-state index in [1.54, 1.807) is 11.3 Å². The lowest BCUT2D eigenvalue weighted by molar-refractivity contribution is 0.111. The van der Waals surface area contributed by atoms with E-state index in [-0.39, 0.29) is 0 Å². The van der Waals surface area contributed by atoms with E-state index in [4.69, 9.17) is 9.72 Å². The number of ether oxygens (including phenoxy) is 1. The minimum absolute atomic E-state index is 0.587. The number of hydrogen-bond acceptors (Lipinski definition) is 4. The lowest BCUT2D eigenvalue weighted by atomic mass is 10.1. The second kappa shape index (κ2) is 7.37. The number of carbonyl (C=O) groups is 1. The first-order valence-corrected chi connectivity index (χ1v) is 9.86. The summed E-state index contributed by atoms with van der Waals surface area (Å²) in [5.74, 6) is 0.813. The number of aryl methyl sites for hydroxylation is 1. The van der Waals surface area contributed by atoms with Crippen molar-refractivity contribution in [2.75, 3.05) is 6.61 Å². The molecule has 27 heavy (non-hydrogen) atoms. The van der Waals surface area contributed by atoms with Crippen molar-refractivity contribution in [2.24, 2.45) is 0 Å². The summed E-state index contributed by atoms with van der Waals surface area (Å²) >= 11 is 1.64. The lowest BCUT2D eigenvalue weighted by Crippen LogP contribution is -1.96. The SMILES string of the molecule is CCOc1ccc(-c2nc3sc(CC)c(-c4ccccc4)n3c2C=O)cc1. The first-order chi connectivity index (χ1) is 13.3. The average molecular weight is 376 g/mol. The number of rotatable bonds is 6. The van der Waals surface area contributed by atoms with Crippen LogP contribution in [0.25, 0.3) is 27.5 Å². The smallest absolute Gasteiger partial charge is 0.195 e. The third kappa shape index (κ3) is 3.04. The van der Waals surface area contributed by atoms with Crippen molar-refractivity contribution in [1.82, 2.24) is 9.38 Å². The van der Waals surface area contributed by atoms with E-state index >= 15 is 0 Å². The summed E-state index contributed by atoms with van der Waals surface area (Å²) in [7, 11) is 0. The van der Waals surface area contributed by atoms with Crippen LogP contribution in [0.5, 0.6) is 5.75 Å². The molecule has 0 saturated heterocycles. The van der Waals surface area contributed by atoms with Crippen molar-refractivity contribution >= 4 is 22.6 Å². The molecule has 136 valence electrons. The fraction of sp³-hybridized carbons (Fsp3) is 0.182. The van der Waals surface area contributed by atoms with Crippen molar-refractivity contribution in [3.8, 4) is 28.3 Å². The van der Waals surface area contributed by atoms with E-state index in [0.29, 0.717) is 18.0 Å². The molecule has 0 bridgehead atoms. The predicted molar refractivity (Wildman–Crippen MR) is 110 cm³/mol. The Balaban J connectivity index is 1.92. The monoisotopic (exact) mass is 376 g/mol. The first kappa shape index (κ1) is 17.5. The molecule has 5 heteroatoms. The van der Waals surface area contributed by atoms with Crippen LogP contribution >= 0.6 is 11.3 Å². The number of aromatic nitrogens is 2. The number of imidazole rings is 1. The molecule has 0 fully saturated rings. The Labute approximate surface area is 162 Å². The zero-order chi connectivity index (χ0) is 18.8. The molecule has 0 amide bonds. The van der Waals surface area contributed by atoms with E-state index in [9.17, 15) is 4.79 Å². The maximum Gasteiger partial charge on any atom is 0.195 e. The fourth-order valence-electron chi connectivity index (χ4n) is 3.30. The van der Waals surface area contributed by atoms with Crippen molar-refractivity contribution in [3.63, 3.8) is 0 Å². The van der Waals surface area contributed by atoms with Crippen LogP contribution in [0.2, 0.25) is 0 Å². The molecule has 2 aromatic heterocycles. The van der Waals surface area contributed by atoms with Crippen LogP contribution < -0.4 is 4.74 Å². The maximum absolute atomic E-state index is 12.0. The molecule has 4 nitrogen and oxygen atoms in total. The van der Waals surface area contributed by atoms with Gasteiger partial charge in [0.25, 0.3) is 0 Å². The zero-order valence-electron chi connectivity index (χ0n) is 15.3. The van der Waals surface area contributed by atoms with Crippen LogP contribution in [-0.4, -0.2) is 22.3 Å². The molecule has 0 aliphatic rings. The molecule has 0 atom stereocenters. The Morgan fingerprint density at radius 2 is 1.78 bits per heavy atom. The van der Waals surface area contributed by atoms with Gasteiger partial charge in [0, 0.05) is 10.4 Å². The Hall–Kier alpha value is -2.92. The molecule has 4 aromatic rings. The number of nitrogens with zero attached hydrogens (tertiary/aromatic N) is 2. The van der Waals surface area contributed by atoms with E-state index < -0.39 is 0 Å². The summed E-state index contributed by atoms with van der Waals surface area (Å²) in [6.07, 6.45) is 1.80. The molecule has 4 rings (SSSR count). The van der Waals surface area contributed by atoms with Crippen molar-refractivity contribution < 1.29 is 9.53 Å². The summed E-state index contributed by atoms with van der Waals surface area (Å²) < 4.78 is 7.51. The minimum Gasteiger partial charge on any atom is -0.494 e. The van der Waals surface area contributed by atoms with Crippen molar-refractivity contribution in [3.05, 3.63) is 65.2 Å². The number of hydrogen-bond donors (Lipinski definition) is 0. The average Bonchev–Trinajstić information content (AvgIpc) is 3.24. The Morgan fingerprint density at radius 3 is 2.41 bits per heavy atom. The molecule has 0 aliphatic heterocycles. The molecule has 0 aliphatic carbocycles. The van der Waals surface area contributed by atoms with Crippen LogP contribution in [0.4, 0.5) is 0 Å². The molecule has 0 saturated carbocycles. The summed E-state index contributed by atoms with van der Waals surface area (Å²) in [4.78, 5) is 18.9. The quantitative estimate of drug-likeness (QED) is 0.417. The second-order valence-electron chi connectivity index (χ2n) is 6.13. The highest BCUT2D eigenvalue weighted by atomic mass is 32.1. The molecule has 0 unspecified atom stereocenters. The summed E-state index contributed by atoms with van der Waals surface area (Å²) in [6, 6.07) is 17.9. The second-order valence-corrected chi connectivity index (χ2v) is 7.19. The van der Waals surface area contributed by atoms with Gasteiger partial charge < -0.3 is 4.74 Å². The largest absolute Gasteiger partial charge is 0.494 e. The fourth-order valence-corrected chi connectivity index (χ4v) is 4.39. The Morgan fingerprint density at radius 1 is 1.04 bits per heavy atom. The topological polar surface area (TPSA) is 43.6 Å². The molecular formula is C22H20N2O2S. The molecule has 0 spiro atoms. The highest BCUT2D eigenvalue weighted by molar-refractivity contribution is 7.17. The van der Waals surface area contributed by atoms with Crippen molar-refractivity contribution in [2.45, 2.75) is 20.3 Å². The van der Waals surface area contributed by atoms with E-state index in [1.807, 2.05) is 53.8 Å². The first-order valence-electron chi connectivity index (χ1n) is 9.04. The number of fused-ring (bicyclic) bond motifs is 1. The van der Waals surface area contributed by atoms with Crippen LogP contribution in [0.15, 0.2) is 54.6 Å². The Bertz CT molecular complexity index is 1080. The number of aldehydes is 1. The van der Waals surface area contributed by atoms with Gasteiger partial charge in [-0.3, -0.25) is 9.20 Å². The lowest BCUT2D eigenvalue weighted by Gasteiger charge is -2.06. The van der Waals surface area contributed by atoms with Gasteiger partial charge in [-0.2, -0.15) is 0 Å². The van der Waals surface area contributed by atoms with E-state index in [1.165, 1.54) is 4.88 Å². The highest BCUT2D eigenvalue weighted by Gasteiger charge is 2.21. The van der Waals surface area contributed by atoms with Gasteiger partial charge >= 0.3 is 0 Å². The van der Waals surface area contributed by atoms with Gasteiger partial charge in [-0.15, -0.1) is 11.3 Å². The number of benzene rings is 2. The molecule has 0 N–H and O–H groups in total. The zero-order valence-corrected chi connectivity index (χ0v) is 16.1. The van der Waals surface area contributed by atoms with Gasteiger partial charge in [0.1, 0.15) is 17.1 Å². The minimum atomic E-state index is 0.587. The van der Waals surface area contributed by atoms with Crippen LogP contribution in [0.1, 0.15) is 29.2 Å². The van der Waals surface area contributed by atoms with E-state index in [2.05, 4.69) is 19.1 Å². The third-order valence-electron chi connectivity index (χ3n) is 4.50. The highest BCUT2D eigenvalue weighted by Crippen LogP contribution is 2.36. The molecular weight excluding hydrogens is 356 g/mol. The summed E-state index contributed by atoms with van der Waals surface area (Å²) in [5.41, 5.74) is 4.36. The van der Waals surface area contributed by atoms with Crippen LogP contribution in [0, 0.1) is 0 Å². The number of carbonyl (C=O) groups excluding carboxylic acids is 1. The predicted octanol–water partition coefficient (Wildman–Crippen LogP) is 5.50. The molecule has 0 radical (unpaired) electrons. The van der Waals surface area contributed by atoms with Gasteiger partial charge in [0.15, 0.2) is 11.2 Å². The molecule has 2 aromatic carbocycles. The summed E-state index contributed by atoms with van der Waals surface area (Å²) in [5, 5.41) is 0.